The minimum absolute atomic E-state index is 0.148. The first-order chi connectivity index (χ1) is 8.83. The fourth-order valence-electron chi connectivity index (χ4n) is 2.89. The van der Waals surface area contributed by atoms with Gasteiger partial charge in [0, 0.05) is 17.1 Å². The fraction of sp³-hybridized carbons (Fsp3) is 0.467. The molecule has 96 valence electrons. The Kier molecular flexibility index (Phi) is 3.33. The number of H-pyrrole nitrogens is 1. The molecule has 1 aromatic carbocycles. The summed E-state index contributed by atoms with van der Waals surface area (Å²) in [6, 6.07) is 4.97. The highest BCUT2D eigenvalue weighted by Crippen LogP contribution is 2.24. The van der Waals surface area contributed by atoms with Gasteiger partial charge in [-0.05, 0) is 68.5 Å². The number of hydrogen-bond donors (Lipinski definition) is 2. The van der Waals surface area contributed by atoms with Crippen LogP contribution in [-0.2, 0) is 6.42 Å². The number of aryl methyl sites for hydroxylation is 1. The molecule has 1 aliphatic rings. The highest BCUT2D eigenvalue weighted by atomic mass is 19.1. The van der Waals surface area contributed by atoms with Crippen molar-refractivity contribution in [2.75, 3.05) is 13.1 Å². The maximum Gasteiger partial charge on any atom is 0.123 e. The first kappa shape index (κ1) is 11.7. The Balaban J connectivity index is 1.72. The van der Waals surface area contributed by atoms with Gasteiger partial charge in [0.15, 0.2) is 0 Å². The average Bonchev–Trinajstić information content (AvgIpc) is 2.80. The molecule has 18 heavy (non-hydrogen) atoms. The molecule has 0 atom stereocenters. The minimum atomic E-state index is -0.148. The smallest absolute Gasteiger partial charge is 0.123 e. The topological polar surface area (TPSA) is 27.8 Å². The predicted molar refractivity (Wildman–Crippen MR) is 72.2 cm³/mol. The Morgan fingerprint density at radius 3 is 2.89 bits per heavy atom. The van der Waals surface area contributed by atoms with Crippen LogP contribution in [0.15, 0.2) is 24.4 Å². The van der Waals surface area contributed by atoms with Crippen molar-refractivity contribution in [1.82, 2.24) is 10.3 Å². The van der Waals surface area contributed by atoms with Gasteiger partial charge in [0.25, 0.3) is 0 Å². The zero-order chi connectivity index (χ0) is 12.4. The molecule has 1 aromatic heterocycles. The van der Waals surface area contributed by atoms with Gasteiger partial charge in [0.2, 0.25) is 0 Å². The Morgan fingerprint density at radius 1 is 1.22 bits per heavy atom. The van der Waals surface area contributed by atoms with E-state index in [1.54, 1.807) is 6.07 Å². The molecule has 0 bridgehead atoms. The molecule has 0 amide bonds. The van der Waals surface area contributed by atoms with E-state index in [-0.39, 0.29) is 5.82 Å². The largest absolute Gasteiger partial charge is 0.361 e. The Bertz CT molecular complexity index is 526. The van der Waals surface area contributed by atoms with Crippen LogP contribution in [0.4, 0.5) is 4.39 Å². The van der Waals surface area contributed by atoms with Crippen LogP contribution in [0.25, 0.3) is 10.9 Å². The SMILES string of the molecule is Fc1ccc2[nH]cc(CCC3CCNCC3)c2c1. The molecule has 3 heteroatoms. The molecule has 2 N–H and O–H groups in total. The standard InChI is InChI=1S/C15H19FN2/c16-13-3-4-15-14(9-13)12(10-18-15)2-1-11-5-7-17-8-6-11/h3-4,9-11,17-18H,1-2,5-8H2. The van der Waals surface area contributed by atoms with Crippen LogP contribution in [0.2, 0.25) is 0 Å². The molecule has 1 aliphatic heterocycles. The van der Waals surface area contributed by atoms with Gasteiger partial charge in [-0.25, -0.2) is 4.39 Å². The zero-order valence-electron chi connectivity index (χ0n) is 10.5. The predicted octanol–water partition coefficient (Wildman–Crippen LogP) is 3.24. The van der Waals surface area contributed by atoms with Gasteiger partial charge in [-0.1, -0.05) is 0 Å². The molecule has 0 radical (unpaired) electrons. The van der Waals surface area contributed by atoms with Crippen LogP contribution in [0.5, 0.6) is 0 Å². The second kappa shape index (κ2) is 5.11. The number of nitrogens with one attached hydrogen (secondary N) is 2. The van der Waals surface area contributed by atoms with Crippen LogP contribution in [-0.4, -0.2) is 18.1 Å². The van der Waals surface area contributed by atoms with E-state index in [0.717, 1.165) is 36.3 Å². The van der Waals surface area contributed by atoms with E-state index >= 15 is 0 Å². The lowest BCUT2D eigenvalue weighted by molar-refractivity contribution is 0.354. The summed E-state index contributed by atoms with van der Waals surface area (Å²) < 4.78 is 13.3. The summed E-state index contributed by atoms with van der Waals surface area (Å²) in [5.41, 5.74) is 2.29. The molecule has 1 saturated heterocycles. The Hall–Kier alpha value is -1.35. The van der Waals surface area contributed by atoms with E-state index in [1.165, 1.54) is 30.9 Å². The van der Waals surface area contributed by atoms with Crippen LogP contribution in [0.1, 0.15) is 24.8 Å². The second-order valence-electron chi connectivity index (χ2n) is 5.24. The van der Waals surface area contributed by atoms with Gasteiger partial charge in [0.1, 0.15) is 5.82 Å². The van der Waals surface area contributed by atoms with Crippen molar-refractivity contribution in [3.8, 4) is 0 Å². The number of fused-ring (bicyclic) bond motifs is 1. The Labute approximate surface area is 107 Å². The summed E-state index contributed by atoms with van der Waals surface area (Å²) >= 11 is 0. The third-order valence-electron chi connectivity index (χ3n) is 4.01. The van der Waals surface area contributed by atoms with Gasteiger partial charge < -0.3 is 10.3 Å². The molecular weight excluding hydrogens is 227 g/mol. The molecule has 2 heterocycles. The minimum Gasteiger partial charge on any atom is -0.361 e. The van der Waals surface area contributed by atoms with Crippen molar-refractivity contribution in [2.45, 2.75) is 25.7 Å². The van der Waals surface area contributed by atoms with Crippen LogP contribution < -0.4 is 5.32 Å². The molecule has 0 aliphatic carbocycles. The maximum absolute atomic E-state index is 13.3. The molecule has 0 saturated carbocycles. The Morgan fingerprint density at radius 2 is 2.06 bits per heavy atom. The number of aromatic nitrogens is 1. The van der Waals surface area contributed by atoms with Crippen molar-refractivity contribution >= 4 is 10.9 Å². The zero-order valence-corrected chi connectivity index (χ0v) is 10.5. The van der Waals surface area contributed by atoms with Crippen LogP contribution in [0, 0.1) is 11.7 Å². The second-order valence-corrected chi connectivity index (χ2v) is 5.24. The van der Waals surface area contributed by atoms with Gasteiger partial charge in [-0.3, -0.25) is 0 Å². The summed E-state index contributed by atoms with van der Waals surface area (Å²) in [6.45, 7) is 2.29. The van der Waals surface area contributed by atoms with E-state index in [1.807, 2.05) is 12.3 Å². The monoisotopic (exact) mass is 246 g/mol. The normalized spacial score (nSPS) is 17.4. The van der Waals surface area contributed by atoms with Crippen molar-refractivity contribution in [2.24, 2.45) is 5.92 Å². The molecule has 2 nitrogen and oxygen atoms in total. The molecule has 2 aromatic rings. The number of piperidine rings is 1. The highest BCUT2D eigenvalue weighted by molar-refractivity contribution is 5.83. The first-order valence-electron chi connectivity index (χ1n) is 6.79. The van der Waals surface area contributed by atoms with Crippen molar-refractivity contribution in [3.63, 3.8) is 0 Å². The van der Waals surface area contributed by atoms with Crippen molar-refractivity contribution < 1.29 is 4.39 Å². The maximum atomic E-state index is 13.3. The molecule has 1 fully saturated rings. The number of halogens is 1. The van der Waals surface area contributed by atoms with E-state index in [9.17, 15) is 4.39 Å². The van der Waals surface area contributed by atoms with Crippen molar-refractivity contribution in [3.05, 3.63) is 35.8 Å². The summed E-state index contributed by atoms with van der Waals surface area (Å²) in [7, 11) is 0. The van der Waals surface area contributed by atoms with E-state index in [0.29, 0.717) is 0 Å². The summed E-state index contributed by atoms with van der Waals surface area (Å²) in [5.74, 6) is 0.676. The lowest BCUT2D eigenvalue weighted by atomic mass is 9.91. The van der Waals surface area contributed by atoms with Crippen LogP contribution >= 0.6 is 0 Å². The summed E-state index contributed by atoms with van der Waals surface area (Å²) in [4.78, 5) is 3.22. The highest BCUT2D eigenvalue weighted by Gasteiger charge is 2.14. The fourth-order valence-corrected chi connectivity index (χ4v) is 2.89. The molecular formula is C15H19FN2. The lowest BCUT2D eigenvalue weighted by Crippen LogP contribution is -2.27. The average molecular weight is 246 g/mol. The molecule has 0 spiro atoms. The lowest BCUT2D eigenvalue weighted by Gasteiger charge is -2.22. The van der Waals surface area contributed by atoms with Crippen LogP contribution in [0.3, 0.4) is 0 Å². The molecule has 3 rings (SSSR count). The molecule has 0 unspecified atom stereocenters. The van der Waals surface area contributed by atoms with Gasteiger partial charge >= 0.3 is 0 Å². The quantitative estimate of drug-likeness (QED) is 0.855. The third kappa shape index (κ3) is 2.41. The number of hydrogen-bond acceptors (Lipinski definition) is 1. The summed E-state index contributed by atoms with van der Waals surface area (Å²) in [5, 5.41) is 4.43. The van der Waals surface area contributed by atoms with Gasteiger partial charge in [-0.2, -0.15) is 0 Å². The van der Waals surface area contributed by atoms with E-state index in [2.05, 4.69) is 10.3 Å². The van der Waals surface area contributed by atoms with Gasteiger partial charge in [0.05, 0.1) is 0 Å². The van der Waals surface area contributed by atoms with Gasteiger partial charge in [-0.15, -0.1) is 0 Å². The first-order valence-corrected chi connectivity index (χ1v) is 6.79. The van der Waals surface area contributed by atoms with E-state index < -0.39 is 0 Å². The third-order valence-corrected chi connectivity index (χ3v) is 4.01. The van der Waals surface area contributed by atoms with E-state index in [4.69, 9.17) is 0 Å². The number of rotatable bonds is 3. The summed E-state index contributed by atoms with van der Waals surface area (Å²) in [6.07, 6.45) is 6.85. The van der Waals surface area contributed by atoms with Crippen molar-refractivity contribution in [1.29, 1.82) is 0 Å². The number of benzene rings is 1. The number of aromatic amines is 1.